The fourth-order valence-corrected chi connectivity index (χ4v) is 2.51. The zero-order valence-corrected chi connectivity index (χ0v) is 12.9. The molecule has 3 rings (SSSR count). The number of nitrogens with zero attached hydrogens (tertiary/aromatic N) is 1. The highest BCUT2D eigenvalue weighted by Gasteiger charge is 2.13. The molecule has 0 spiro atoms. The normalized spacial score (nSPS) is 12.6. The largest absolute Gasteiger partial charge is 0.483 e. The summed E-state index contributed by atoms with van der Waals surface area (Å²) in [5.41, 5.74) is 5.65. The van der Waals surface area contributed by atoms with E-state index in [0.717, 1.165) is 28.2 Å². The molecule has 1 atom stereocenters. The van der Waals surface area contributed by atoms with Gasteiger partial charge in [0.05, 0.1) is 11.0 Å². The molecule has 1 N–H and O–H groups in total. The summed E-state index contributed by atoms with van der Waals surface area (Å²) in [5.74, 6) is 1.76. The summed E-state index contributed by atoms with van der Waals surface area (Å²) in [7, 11) is 0. The maximum atomic E-state index is 6.05. The van der Waals surface area contributed by atoms with E-state index < -0.39 is 0 Å². The molecule has 0 aliphatic rings. The lowest BCUT2D eigenvalue weighted by atomic mass is 10.1. The maximum absolute atomic E-state index is 6.05. The van der Waals surface area contributed by atoms with E-state index in [0.29, 0.717) is 0 Å². The number of fused-ring (bicyclic) bond motifs is 1. The first-order valence-corrected chi connectivity index (χ1v) is 7.23. The van der Waals surface area contributed by atoms with Gasteiger partial charge in [-0.3, -0.25) is 0 Å². The van der Waals surface area contributed by atoms with Crippen molar-refractivity contribution in [1.29, 1.82) is 0 Å². The fraction of sp³-hybridized carbons (Fsp3) is 0.278. The predicted octanol–water partition coefficient (Wildman–Crippen LogP) is 4.63. The van der Waals surface area contributed by atoms with E-state index in [9.17, 15) is 0 Å². The van der Waals surface area contributed by atoms with E-state index in [4.69, 9.17) is 4.74 Å². The topological polar surface area (TPSA) is 37.9 Å². The van der Waals surface area contributed by atoms with Crippen molar-refractivity contribution in [3.63, 3.8) is 0 Å². The molecular weight excluding hydrogens is 260 g/mol. The molecule has 0 aliphatic heterocycles. The van der Waals surface area contributed by atoms with Gasteiger partial charge in [-0.05, 0) is 57.0 Å². The Bertz CT molecular complexity index is 789. The highest BCUT2D eigenvalue weighted by Crippen LogP contribution is 2.25. The number of aryl methyl sites for hydroxylation is 3. The minimum absolute atomic E-state index is 0.112. The van der Waals surface area contributed by atoms with E-state index in [-0.39, 0.29) is 6.10 Å². The Morgan fingerprint density at radius 1 is 1.00 bits per heavy atom. The molecule has 3 aromatic rings. The van der Waals surface area contributed by atoms with Gasteiger partial charge in [-0.2, -0.15) is 0 Å². The summed E-state index contributed by atoms with van der Waals surface area (Å²) in [6.07, 6.45) is -0.112. The molecule has 0 aliphatic carbocycles. The van der Waals surface area contributed by atoms with Crippen LogP contribution in [0.5, 0.6) is 5.75 Å². The Morgan fingerprint density at radius 2 is 1.71 bits per heavy atom. The fourth-order valence-electron chi connectivity index (χ4n) is 2.51. The van der Waals surface area contributed by atoms with Gasteiger partial charge < -0.3 is 9.72 Å². The molecule has 108 valence electrons. The van der Waals surface area contributed by atoms with Crippen LogP contribution in [-0.4, -0.2) is 9.97 Å². The van der Waals surface area contributed by atoms with Crippen LogP contribution < -0.4 is 4.74 Å². The number of aromatic amines is 1. The zero-order chi connectivity index (χ0) is 15.0. The molecule has 0 saturated carbocycles. The number of imidazole rings is 1. The average Bonchev–Trinajstić information content (AvgIpc) is 2.85. The Hall–Kier alpha value is -2.29. The second-order valence-electron chi connectivity index (χ2n) is 5.67. The SMILES string of the molecule is Cc1ccc(O[C@@H](C)c2nc3ccc(C)cc3[nH]2)c(C)c1. The van der Waals surface area contributed by atoms with Crippen LogP contribution in [0.2, 0.25) is 0 Å². The monoisotopic (exact) mass is 280 g/mol. The summed E-state index contributed by atoms with van der Waals surface area (Å²) >= 11 is 0. The molecule has 1 aromatic heterocycles. The van der Waals surface area contributed by atoms with Crippen LogP contribution in [0.1, 0.15) is 35.5 Å². The highest BCUT2D eigenvalue weighted by atomic mass is 16.5. The summed E-state index contributed by atoms with van der Waals surface area (Å²) in [6.45, 7) is 8.25. The second kappa shape index (κ2) is 5.24. The van der Waals surface area contributed by atoms with Crippen molar-refractivity contribution in [2.24, 2.45) is 0 Å². The van der Waals surface area contributed by atoms with Crippen molar-refractivity contribution in [2.45, 2.75) is 33.8 Å². The molecule has 0 unspecified atom stereocenters. The van der Waals surface area contributed by atoms with E-state index in [2.05, 4.69) is 55.0 Å². The Balaban J connectivity index is 1.87. The molecule has 0 amide bonds. The van der Waals surface area contributed by atoms with Crippen LogP contribution in [0.3, 0.4) is 0 Å². The third kappa shape index (κ3) is 2.77. The van der Waals surface area contributed by atoms with Gasteiger partial charge in [-0.15, -0.1) is 0 Å². The third-order valence-electron chi connectivity index (χ3n) is 3.67. The van der Waals surface area contributed by atoms with Gasteiger partial charge in [0.15, 0.2) is 6.10 Å². The Kier molecular flexibility index (Phi) is 3.42. The van der Waals surface area contributed by atoms with Gasteiger partial charge in [0.1, 0.15) is 11.6 Å². The van der Waals surface area contributed by atoms with Gasteiger partial charge in [0.2, 0.25) is 0 Å². The van der Waals surface area contributed by atoms with Gasteiger partial charge in [0.25, 0.3) is 0 Å². The first-order chi connectivity index (χ1) is 10.0. The van der Waals surface area contributed by atoms with Crippen LogP contribution in [-0.2, 0) is 0 Å². The first kappa shape index (κ1) is 13.7. The molecule has 2 aromatic carbocycles. The third-order valence-corrected chi connectivity index (χ3v) is 3.67. The summed E-state index contributed by atoms with van der Waals surface area (Å²) < 4.78 is 6.05. The van der Waals surface area contributed by atoms with Gasteiger partial charge in [-0.25, -0.2) is 4.98 Å². The first-order valence-electron chi connectivity index (χ1n) is 7.23. The molecule has 3 heteroatoms. The number of rotatable bonds is 3. The summed E-state index contributed by atoms with van der Waals surface area (Å²) in [5, 5.41) is 0. The van der Waals surface area contributed by atoms with Crippen molar-refractivity contribution >= 4 is 11.0 Å². The van der Waals surface area contributed by atoms with Crippen LogP contribution in [0.25, 0.3) is 11.0 Å². The molecular formula is C18H20N2O. The van der Waals surface area contributed by atoms with Gasteiger partial charge >= 0.3 is 0 Å². The number of aromatic nitrogens is 2. The molecule has 0 saturated heterocycles. The Morgan fingerprint density at radius 3 is 2.48 bits per heavy atom. The average molecular weight is 280 g/mol. The zero-order valence-electron chi connectivity index (χ0n) is 12.9. The van der Waals surface area contributed by atoms with E-state index >= 15 is 0 Å². The predicted molar refractivity (Wildman–Crippen MR) is 85.8 cm³/mol. The minimum Gasteiger partial charge on any atom is -0.483 e. The Labute approximate surface area is 125 Å². The van der Waals surface area contributed by atoms with Crippen molar-refractivity contribution in [3.05, 3.63) is 58.9 Å². The van der Waals surface area contributed by atoms with Crippen LogP contribution in [0.4, 0.5) is 0 Å². The number of H-pyrrole nitrogens is 1. The van der Waals surface area contributed by atoms with E-state index in [1.54, 1.807) is 0 Å². The quantitative estimate of drug-likeness (QED) is 0.759. The van der Waals surface area contributed by atoms with Crippen molar-refractivity contribution < 1.29 is 4.74 Å². The van der Waals surface area contributed by atoms with Gasteiger partial charge in [-0.1, -0.05) is 23.8 Å². The molecule has 1 heterocycles. The van der Waals surface area contributed by atoms with Crippen molar-refractivity contribution in [1.82, 2.24) is 9.97 Å². The molecule has 0 radical (unpaired) electrons. The molecule has 0 bridgehead atoms. The maximum Gasteiger partial charge on any atom is 0.153 e. The van der Waals surface area contributed by atoms with E-state index in [1.165, 1.54) is 11.1 Å². The number of benzene rings is 2. The second-order valence-corrected chi connectivity index (χ2v) is 5.67. The lowest BCUT2D eigenvalue weighted by Crippen LogP contribution is -2.06. The van der Waals surface area contributed by atoms with Crippen molar-refractivity contribution in [3.8, 4) is 5.75 Å². The summed E-state index contributed by atoms with van der Waals surface area (Å²) in [6, 6.07) is 12.4. The number of hydrogen-bond donors (Lipinski definition) is 1. The number of nitrogens with one attached hydrogen (secondary N) is 1. The minimum atomic E-state index is -0.112. The smallest absolute Gasteiger partial charge is 0.153 e. The van der Waals surface area contributed by atoms with Crippen LogP contribution in [0, 0.1) is 20.8 Å². The number of hydrogen-bond acceptors (Lipinski definition) is 2. The lowest BCUT2D eigenvalue weighted by Gasteiger charge is -2.14. The standard InChI is InChI=1S/C18H20N2O/c1-11-6-8-17(13(3)9-11)21-14(4)18-19-15-7-5-12(2)10-16(15)20-18/h5-10,14H,1-4H3,(H,19,20)/t14-/m0/s1. The van der Waals surface area contributed by atoms with E-state index in [1.807, 2.05) is 19.1 Å². The lowest BCUT2D eigenvalue weighted by molar-refractivity contribution is 0.216. The highest BCUT2D eigenvalue weighted by molar-refractivity contribution is 5.75. The van der Waals surface area contributed by atoms with Crippen LogP contribution in [0.15, 0.2) is 36.4 Å². The molecule has 21 heavy (non-hydrogen) atoms. The van der Waals surface area contributed by atoms with Gasteiger partial charge in [0, 0.05) is 0 Å². The number of ether oxygens (including phenoxy) is 1. The van der Waals surface area contributed by atoms with Crippen molar-refractivity contribution in [2.75, 3.05) is 0 Å². The molecule has 3 nitrogen and oxygen atoms in total. The molecule has 0 fully saturated rings. The summed E-state index contributed by atoms with van der Waals surface area (Å²) in [4.78, 5) is 7.97. The van der Waals surface area contributed by atoms with Crippen LogP contribution >= 0.6 is 0 Å².